The van der Waals surface area contributed by atoms with E-state index < -0.39 is 0 Å². The fraction of sp³-hybridized carbons (Fsp3) is 0.429. The van der Waals surface area contributed by atoms with Crippen LogP contribution in [0.4, 0.5) is 10.5 Å². The van der Waals surface area contributed by atoms with Gasteiger partial charge in [0.2, 0.25) is 5.91 Å². The van der Waals surface area contributed by atoms with E-state index in [2.05, 4.69) is 5.32 Å². The molecule has 1 heterocycles. The molecule has 0 atom stereocenters. The van der Waals surface area contributed by atoms with Gasteiger partial charge in [0, 0.05) is 13.1 Å². The molecule has 1 aromatic carbocycles. The van der Waals surface area contributed by atoms with Gasteiger partial charge in [0.1, 0.15) is 0 Å². The summed E-state index contributed by atoms with van der Waals surface area (Å²) in [4.78, 5) is 25.8. The highest BCUT2D eigenvalue weighted by Crippen LogP contribution is 2.44. The maximum atomic E-state index is 12.6. The Morgan fingerprint density at radius 1 is 1.32 bits per heavy atom. The zero-order valence-corrected chi connectivity index (χ0v) is 10.7. The molecule has 1 aliphatic carbocycles. The van der Waals surface area contributed by atoms with Crippen molar-refractivity contribution >= 4 is 17.6 Å². The van der Waals surface area contributed by atoms with Crippen LogP contribution in [0.2, 0.25) is 0 Å². The van der Waals surface area contributed by atoms with Crippen molar-refractivity contribution in [1.29, 1.82) is 0 Å². The average Bonchev–Trinajstić information content (AvgIpc) is 2.37. The molecule has 2 fully saturated rings. The van der Waals surface area contributed by atoms with E-state index >= 15 is 0 Å². The van der Waals surface area contributed by atoms with Crippen LogP contribution in [0, 0.1) is 5.41 Å². The summed E-state index contributed by atoms with van der Waals surface area (Å²) in [6.45, 7) is 0.861. The molecule has 1 saturated carbocycles. The van der Waals surface area contributed by atoms with Gasteiger partial charge in [-0.3, -0.25) is 4.79 Å². The molecule has 0 bridgehead atoms. The lowest BCUT2D eigenvalue weighted by Crippen LogP contribution is -2.63. The quantitative estimate of drug-likeness (QED) is 0.842. The van der Waals surface area contributed by atoms with E-state index in [1.807, 2.05) is 12.1 Å². The van der Waals surface area contributed by atoms with Gasteiger partial charge in [-0.1, -0.05) is 18.6 Å². The minimum absolute atomic E-state index is 0.0725. The molecule has 5 nitrogen and oxygen atoms in total. The number of carbonyl (C=O) groups is 2. The van der Waals surface area contributed by atoms with Crippen LogP contribution in [0.5, 0.6) is 0 Å². The summed E-state index contributed by atoms with van der Waals surface area (Å²) in [6, 6.07) is 6.94. The molecule has 1 spiro atoms. The first-order chi connectivity index (χ1) is 9.16. The van der Waals surface area contributed by atoms with Gasteiger partial charge in [-0.2, -0.15) is 0 Å². The highest BCUT2D eigenvalue weighted by atomic mass is 16.2. The number of hydrogen-bond donors (Lipinski definition) is 2. The highest BCUT2D eigenvalue weighted by molar-refractivity contribution is 6.18. The number of urea groups is 1. The summed E-state index contributed by atoms with van der Waals surface area (Å²) in [7, 11) is 0. The van der Waals surface area contributed by atoms with Crippen LogP contribution in [0.3, 0.4) is 0 Å². The van der Waals surface area contributed by atoms with Crippen molar-refractivity contribution in [1.82, 2.24) is 5.32 Å². The fourth-order valence-corrected chi connectivity index (χ4v) is 2.78. The van der Waals surface area contributed by atoms with Crippen molar-refractivity contribution in [3.63, 3.8) is 0 Å². The normalized spacial score (nSPS) is 21.2. The van der Waals surface area contributed by atoms with E-state index in [-0.39, 0.29) is 17.4 Å². The molecule has 1 aliphatic heterocycles. The van der Waals surface area contributed by atoms with E-state index in [4.69, 9.17) is 5.73 Å². The first kappa shape index (κ1) is 12.2. The van der Waals surface area contributed by atoms with Gasteiger partial charge in [-0.05, 0) is 30.5 Å². The Morgan fingerprint density at radius 2 is 2.11 bits per heavy atom. The van der Waals surface area contributed by atoms with Crippen molar-refractivity contribution in [2.24, 2.45) is 11.1 Å². The van der Waals surface area contributed by atoms with Crippen molar-refractivity contribution in [3.05, 3.63) is 29.8 Å². The van der Waals surface area contributed by atoms with Gasteiger partial charge in [-0.25, -0.2) is 9.69 Å². The Balaban J connectivity index is 1.96. The summed E-state index contributed by atoms with van der Waals surface area (Å²) in [6.07, 6.45) is 2.77. The van der Waals surface area contributed by atoms with Crippen LogP contribution < -0.4 is 16.0 Å². The number of nitrogens with one attached hydrogen (secondary N) is 1. The molecule has 0 aromatic heterocycles. The number of nitrogens with zero attached hydrogens (tertiary/aromatic N) is 1. The van der Waals surface area contributed by atoms with Crippen molar-refractivity contribution in [2.75, 3.05) is 11.4 Å². The average molecular weight is 259 g/mol. The number of anilines is 1. The number of imide groups is 1. The van der Waals surface area contributed by atoms with Crippen molar-refractivity contribution in [2.45, 2.75) is 25.8 Å². The summed E-state index contributed by atoms with van der Waals surface area (Å²) >= 11 is 0. The second-order valence-electron chi connectivity index (χ2n) is 5.31. The van der Waals surface area contributed by atoms with Crippen molar-refractivity contribution in [3.8, 4) is 0 Å². The summed E-state index contributed by atoms with van der Waals surface area (Å²) in [5, 5.41) is 2.83. The highest BCUT2D eigenvalue weighted by Gasteiger charge is 2.51. The molecule has 0 radical (unpaired) electrons. The zero-order chi connectivity index (χ0) is 13.5. The van der Waals surface area contributed by atoms with Crippen LogP contribution in [0.15, 0.2) is 24.3 Å². The topological polar surface area (TPSA) is 75.4 Å². The first-order valence-corrected chi connectivity index (χ1v) is 6.58. The molecule has 3 rings (SSSR count). The first-order valence-electron chi connectivity index (χ1n) is 6.58. The van der Waals surface area contributed by atoms with E-state index in [0.29, 0.717) is 18.8 Å². The predicted octanol–water partition coefficient (Wildman–Crippen LogP) is 1.37. The lowest BCUT2D eigenvalue weighted by atomic mass is 9.67. The standard InChI is InChI=1S/C14H17N3O2/c15-8-10-3-1-4-11(7-10)17-12(18)14(5-2-6-14)9-16-13(17)19/h1,3-4,7H,2,5-6,8-9,15H2,(H,16,19). The number of carbonyl (C=O) groups excluding carboxylic acids is 2. The molecular formula is C14H17N3O2. The van der Waals surface area contributed by atoms with Gasteiger partial charge in [-0.15, -0.1) is 0 Å². The smallest absolute Gasteiger partial charge is 0.328 e. The molecule has 5 heteroatoms. The Kier molecular flexibility index (Phi) is 2.78. The monoisotopic (exact) mass is 259 g/mol. The fourth-order valence-electron chi connectivity index (χ4n) is 2.78. The maximum Gasteiger partial charge on any atom is 0.328 e. The summed E-state index contributed by atoms with van der Waals surface area (Å²) in [5.41, 5.74) is 6.75. The molecule has 3 N–H and O–H groups in total. The third-order valence-electron chi connectivity index (χ3n) is 4.15. The second kappa shape index (κ2) is 4.35. The van der Waals surface area contributed by atoms with Crippen molar-refractivity contribution < 1.29 is 9.59 Å². The lowest BCUT2D eigenvalue weighted by Gasteiger charge is -2.46. The van der Waals surface area contributed by atoms with Crippen LogP contribution in [-0.4, -0.2) is 18.5 Å². The third-order valence-corrected chi connectivity index (χ3v) is 4.15. The van der Waals surface area contributed by atoms with Gasteiger partial charge in [0.25, 0.3) is 0 Å². The molecule has 19 heavy (non-hydrogen) atoms. The molecular weight excluding hydrogens is 242 g/mol. The van der Waals surface area contributed by atoms with Gasteiger partial charge in [0.15, 0.2) is 0 Å². The van der Waals surface area contributed by atoms with E-state index in [1.54, 1.807) is 12.1 Å². The summed E-state index contributed by atoms with van der Waals surface area (Å²) < 4.78 is 0. The molecule has 3 amide bonds. The maximum absolute atomic E-state index is 12.6. The minimum Gasteiger partial charge on any atom is -0.336 e. The predicted molar refractivity (Wildman–Crippen MR) is 71.5 cm³/mol. The Morgan fingerprint density at radius 3 is 2.74 bits per heavy atom. The van der Waals surface area contributed by atoms with Crippen LogP contribution in [0.25, 0.3) is 0 Å². The third kappa shape index (κ3) is 1.81. The van der Waals surface area contributed by atoms with E-state index in [1.165, 1.54) is 4.90 Å². The molecule has 0 unspecified atom stereocenters. The molecule has 1 aromatic rings. The Labute approximate surface area is 111 Å². The van der Waals surface area contributed by atoms with E-state index in [9.17, 15) is 9.59 Å². The van der Waals surface area contributed by atoms with Gasteiger partial charge in [0.05, 0.1) is 11.1 Å². The number of rotatable bonds is 2. The van der Waals surface area contributed by atoms with Crippen LogP contribution >= 0.6 is 0 Å². The number of amides is 3. The van der Waals surface area contributed by atoms with Crippen LogP contribution in [-0.2, 0) is 11.3 Å². The minimum atomic E-state index is -0.368. The molecule has 100 valence electrons. The Hall–Kier alpha value is -1.88. The van der Waals surface area contributed by atoms with E-state index in [0.717, 1.165) is 24.8 Å². The summed E-state index contributed by atoms with van der Waals surface area (Å²) in [5.74, 6) is -0.0725. The number of hydrogen-bond acceptors (Lipinski definition) is 3. The lowest BCUT2D eigenvalue weighted by molar-refractivity contribution is -0.132. The number of benzene rings is 1. The van der Waals surface area contributed by atoms with Gasteiger partial charge >= 0.3 is 6.03 Å². The largest absolute Gasteiger partial charge is 0.336 e. The molecule has 1 saturated heterocycles. The number of nitrogens with two attached hydrogens (primary N) is 1. The van der Waals surface area contributed by atoms with Crippen LogP contribution in [0.1, 0.15) is 24.8 Å². The zero-order valence-electron chi connectivity index (χ0n) is 10.7. The Bertz CT molecular complexity index is 537. The molecule has 2 aliphatic rings. The second-order valence-corrected chi connectivity index (χ2v) is 5.31. The van der Waals surface area contributed by atoms with Gasteiger partial charge < -0.3 is 11.1 Å². The SMILES string of the molecule is NCc1cccc(N2C(=O)NCC3(CCC3)C2=O)c1.